The summed E-state index contributed by atoms with van der Waals surface area (Å²) in [6.45, 7) is 1.39. The highest BCUT2D eigenvalue weighted by molar-refractivity contribution is 6.05. The summed E-state index contributed by atoms with van der Waals surface area (Å²) in [6, 6.07) is 3.20. The van der Waals surface area contributed by atoms with E-state index in [-0.39, 0.29) is 5.91 Å². The molecule has 0 amide bonds. The van der Waals surface area contributed by atoms with Crippen LogP contribution in [0.25, 0.3) is 10.9 Å². The van der Waals surface area contributed by atoms with E-state index >= 15 is 0 Å². The summed E-state index contributed by atoms with van der Waals surface area (Å²) in [5.74, 6) is -0.203. The Labute approximate surface area is 103 Å². The number of methoxy groups -OCH3 is 2. The molecule has 0 N–H and O–H groups in total. The summed E-state index contributed by atoms with van der Waals surface area (Å²) in [5, 5.41) is 4.67. The second-order valence-corrected chi connectivity index (χ2v) is 3.66. The van der Waals surface area contributed by atoms with Gasteiger partial charge in [-0.25, -0.2) is 9.48 Å². The monoisotopic (exact) mass is 248 g/mol. The lowest BCUT2D eigenvalue weighted by molar-refractivity contribution is 0.0602. The van der Waals surface area contributed by atoms with Crippen molar-refractivity contribution in [3.05, 3.63) is 23.9 Å². The van der Waals surface area contributed by atoms with Gasteiger partial charge in [-0.1, -0.05) is 0 Å². The molecule has 0 atom stereocenters. The van der Waals surface area contributed by atoms with Crippen molar-refractivity contribution in [1.29, 1.82) is 0 Å². The van der Waals surface area contributed by atoms with Crippen LogP contribution >= 0.6 is 0 Å². The molecule has 0 radical (unpaired) electrons. The van der Waals surface area contributed by atoms with E-state index in [1.54, 1.807) is 12.1 Å². The molecule has 0 aliphatic heterocycles. The Kier molecular flexibility index (Phi) is 3.01. The maximum Gasteiger partial charge on any atom is 0.340 e. The summed E-state index contributed by atoms with van der Waals surface area (Å²) in [5.41, 5.74) is 0.685. The maximum atomic E-state index is 11.6. The van der Waals surface area contributed by atoms with Crippen LogP contribution in [0.4, 0.5) is 0 Å². The third-order valence-corrected chi connectivity index (χ3v) is 2.58. The molecule has 0 aliphatic carbocycles. The van der Waals surface area contributed by atoms with Crippen LogP contribution in [0.1, 0.15) is 22.1 Å². The molecule has 0 spiro atoms. The lowest BCUT2D eigenvalue weighted by Gasteiger charge is -2.03. The van der Waals surface area contributed by atoms with Crippen molar-refractivity contribution in [3.8, 4) is 5.75 Å². The Hall–Kier alpha value is -2.37. The SMILES string of the molecule is COC(=O)c1ccc(OC)c2cn(C(C)=O)nc12. The quantitative estimate of drug-likeness (QED) is 0.753. The van der Waals surface area contributed by atoms with Gasteiger partial charge in [0, 0.05) is 13.1 Å². The Morgan fingerprint density at radius 1 is 1.28 bits per heavy atom. The summed E-state index contributed by atoms with van der Waals surface area (Å²) in [7, 11) is 2.80. The number of aromatic nitrogens is 2. The molecule has 1 aromatic heterocycles. The maximum absolute atomic E-state index is 11.6. The largest absolute Gasteiger partial charge is 0.496 e. The van der Waals surface area contributed by atoms with Gasteiger partial charge in [0.25, 0.3) is 0 Å². The highest BCUT2D eigenvalue weighted by Crippen LogP contribution is 2.27. The Morgan fingerprint density at radius 3 is 2.56 bits per heavy atom. The molecule has 0 saturated carbocycles. The molecule has 2 aromatic rings. The van der Waals surface area contributed by atoms with E-state index in [4.69, 9.17) is 4.74 Å². The summed E-state index contributed by atoms with van der Waals surface area (Å²) < 4.78 is 11.0. The lowest BCUT2D eigenvalue weighted by Crippen LogP contribution is -2.06. The molecule has 1 aromatic carbocycles. The van der Waals surface area contributed by atoms with Crippen molar-refractivity contribution in [1.82, 2.24) is 9.78 Å². The molecule has 94 valence electrons. The van der Waals surface area contributed by atoms with E-state index in [1.165, 1.54) is 32.0 Å². The molecule has 6 nitrogen and oxygen atoms in total. The van der Waals surface area contributed by atoms with E-state index in [0.717, 1.165) is 0 Å². The first kappa shape index (κ1) is 12.1. The van der Waals surface area contributed by atoms with Gasteiger partial charge in [-0.2, -0.15) is 5.10 Å². The predicted octanol–water partition coefficient (Wildman–Crippen LogP) is 1.49. The van der Waals surface area contributed by atoms with Crippen molar-refractivity contribution in [2.24, 2.45) is 0 Å². The van der Waals surface area contributed by atoms with Gasteiger partial charge in [0.05, 0.1) is 25.2 Å². The van der Waals surface area contributed by atoms with Crippen LogP contribution in [0.2, 0.25) is 0 Å². The van der Waals surface area contributed by atoms with Crippen LogP contribution in [0.15, 0.2) is 18.3 Å². The number of carbonyl (C=O) groups excluding carboxylic acids is 2. The third kappa shape index (κ3) is 1.81. The van der Waals surface area contributed by atoms with Gasteiger partial charge in [0.15, 0.2) is 0 Å². The molecule has 0 aliphatic rings. The molecular weight excluding hydrogens is 236 g/mol. The van der Waals surface area contributed by atoms with E-state index in [2.05, 4.69) is 9.84 Å². The molecule has 6 heteroatoms. The fourth-order valence-electron chi connectivity index (χ4n) is 1.69. The molecule has 0 bridgehead atoms. The number of nitrogens with zero attached hydrogens (tertiary/aromatic N) is 2. The van der Waals surface area contributed by atoms with E-state index in [1.807, 2.05) is 0 Å². The molecule has 18 heavy (non-hydrogen) atoms. The molecule has 0 fully saturated rings. The van der Waals surface area contributed by atoms with Crippen molar-refractivity contribution < 1.29 is 19.1 Å². The van der Waals surface area contributed by atoms with Gasteiger partial charge in [-0.15, -0.1) is 0 Å². The molecular formula is C12H12N2O4. The van der Waals surface area contributed by atoms with Gasteiger partial charge in [0.2, 0.25) is 5.91 Å². The predicted molar refractivity (Wildman–Crippen MR) is 63.9 cm³/mol. The zero-order chi connectivity index (χ0) is 13.3. The first-order valence-electron chi connectivity index (χ1n) is 5.24. The number of rotatable bonds is 2. The molecule has 0 saturated heterocycles. The average molecular weight is 248 g/mol. The number of hydrogen-bond acceptors (Lipinski definition) is 5. The second-order valence-electron chi connectivity index (χ2n) is 3.66. The molecule has 2 rings (SSSR count). The third-order valence-electron chi connectivity index (χ3n) is 2.58. The van der Waals surface area contributed by atoms with Gasteiger partial charge < -0.3 is 9.47 Å². The van der Waals surface area contributed by atoms with Crippen LogP contribution in [-0.2, 0) is 4.74 Å². The highest BCUT2D eigenvalue weighted by Gasteiger charge is 2.17. The van der Waals surface area contributed by atoms with E-state index in [9.17, 15) is 9.59 Å². The Balaban J connectivity index is 2.75. The zero-order valence-corrected chi connectivity index (χ0v) is 10.3. The first-order chi connectivity index (χ1) is 8.58. The average Bonchev–Trinajstić information content (AvgIpc) is 2.81. The van der Waals surface area contributed by atoms with Gasteiger partial charge in [-0.3, -0.25) is 4.79 Å². The summed E-state index contributed by atoms with van der Waals surface area (Å²) in [6.07, 6.45) is 1.53. The zero-order valence-electron chi connectivity index (χ0n) is 10.3. The van der Waals surface area contributed by atoms with Crippen molar-refractivity contribution in [2.45, 2.75) is 6.92 Å². The fourth-order valence-corrected chi connectivity index (χ4v) is 1.69. The minimum absolute atomic E-state index is 0.246. The Bertz CT molecular complexity index is 630. The number of esters is 1. The van der Waals surface area contributed by atoms with Crippen LogP contribution in [0.3, 0.4) is 0 Å². The van der Waals surface area contributed by atoms with Gasteiger partial charge in [-0.05, 0) is 12.1 Å². The van der Waals surface area contributed by atoms with Crippen molar-refractivity contribution >= 4 is 22.8 Å². The van der Waals surface area contributed by atoms with Gasteiger partial charge in [0.1, 0.15) is 11.3 Å². The number of benzene rings is 1. The minimum Gasteiger partial charge on any atom is -0.496 e. The van der Waals surface area contributed by atoms with Crippen LogP contribution in [0, 0.1) is 0 Å². The molecule has 1 heterocycles. The Morgan fingerprint density at radius 2 is 2.00 bits per heavy atom. The standard InChI is InChI=1S/C12H12N2O4/c1-7(15)14-6-9-10(17-2)5-4-8(11(9)13-14)12(16)18-3/h4-6H,1-3H3. The summed E-state index contributed by atoms with van der Waals surface area (Å²) >= 11 is 0. The van der Waals surface area contributed by atoms with Crippen LogP contribution < -0.4 is 4.74 Å². The van der Waals surface area contributed by atoms with Crippen molar-refractivity contribution in [2.75, 3.05) is 14.2 Å². The number of ether oxygens (including phenoxy) is 2. The minimum atomic E-state index is -0.503. The number of fused-ring (bicyclic) bond motifs is 1. The number of carbonyl (C=O) groups is 2. The van der Waals surface area contributed by atoms with Crippen molar-refractivity contribution in [3.63, 3.8) is 0 Å². The van der Waals surface area contributed by atoms with E-state index < -0.39 is 5.97 Å². The smallest absolute Gasteiger partial charge is 0.340 e. The van der Waals surface area contributed by atoms with Crippen LogP contribution in [-0.4, -0.2) is 35.9 Å². The normalized spacial score (nSPS) is 10.4. The lowest BCUT2D eigenvalue weighted by atomic mass is 10.1. The van der Waals surface area contributed by atoms with Gasteiger partial charge >= 0.3 is 5.97 Å². The summed E-state index contributed by atoms with van der Waals surface area (Å²) in [4.78, 5) is 22.9. The highest BCUT2D eigenvalue weighted by atomic mass is 16.5. The second kappa shape index (κ2) is 4.48. The fraction of sp³-hybridized carbons (Fsp3) is 0.250. The first-order valence-corrected chi connectivity index (χ1v) is 5.24. The van der Waals surface area contributed by atoms with E-state index in [0.29, 0.717) is 22.2 Å². The van der Waals surface area contributed by atoms with Crippen LogP contribution in [0.5, 0.6) is 5.75 Å². The number of hydrogen-bond donors (Lipinski definition) is 0. The molecule has 0 unspecified atom stereocenters. The topological polar surface area (TPSA) is 70.4 Å².